The molecule has 0 bridgehead atoms. The summed E-state index contributed by atoms with van der Waals surface area (Å²) < 4.78 is 0. The molecule has 3 aromatic heterocycles. The van der Waals surface area contributed by atoms with Gasteiger partial charge in [-0.2, -0.15) is 5.10 Å². The van der Waals surface area contributed by atoms with Crippen LogP contribution in [-0.4, -0.2) is 15.2 Å². The van der Waals surface area contributed by atoms with Crippen LogP contribution in [0.2, 0.25) is 0 Å². The van der Waals surface area contributed by atoms with Gasteiger partial charge >= 0.3 is 0 Å². The van der Waals surface area contributed by atoms with Crippen LogP contribution in [0.1, 0.15) is 16.0 Å². The average molecular weight is 367 g/mol. The molecule has 3 heterocycles. The number of nitrogens with one attached hydrogen (secondary N) is 2. The molecule has 1 aromatic carbocycles. The molecular formula is C19H18N4S2. The molecule has 0 aliphatic carbocycles. The van der Waals surface area contributed by atoms with E-state index in [0.29, 0.717) is 0 Å². The van der Waals surface area contributed by atoms with Crippen molar-refractivity contribution in [2.24, 2.45) is 0 Å². The zero-order valence-electron chi connectivity index (χ0n) is 13.8. The molecule has 4 aromatic rings. The van der Waals surface area contributed by atoms with Gasteiger partial charge in [-0.05, 0) is 23.9 Å². The van der Waals surface area contributed by atoms with Gasteiger partial charge < -0.3 is 5.32 Å². The SMILES string of the molecule is Cc1ccccc1-c1ncc(CNCc2cn[nH]c2-c2cccs2)s1. The van der Waals surface area contributed by atoms with E-state index in [0.717, 1.165) is 23.8 Å². The van der Waals surface area contributed by atoms with Crippen molar-refractivity contribution >= 4 is 22.7 Å². The fourth-order valence-corrected chi connectivity index (χ4v) is 4.45. The third-order valence-electron chi connectivity index (χ3n) is 4.03. The number of hydrogen-bond donors (Lipinski definition) is 2. The first-order valence-electron chi connectivity index (χ1n) is 8.09. The van der Waals surface area contributed by atoms with Crippen molar-refractivity contribution in [1.29, 1.82) is 0 Å². The van der Waals surface area contributed by atoms with Gasteiger partial charge in [0.15, 0.2) is 0 Å². The maximum atomic E-state index is 4.58. The van der Waals surface area contributed by atoms with Crippen molar-refractivity contribution in [3.63, 3.8) is 0 Å². The molecule has 2 N–H and O–H groups in total. The molecule has 0 spiro atoms. The van der Waals surface area contributed by atoms with Crippen molar-refractivity contribution in [3.05, 3.63) is 70.2 Å². The number of benzene rings is 1. The molecule has 6 heteroatoms. The standard InChI is InChI=1S/C19H18N4S2/c1-13-5-2-3-6-16(13)19-21-12-15(25-19)11-20-9-14-10-22-23-18(14)17-7-4-8-24-17/h2-8,10,12,20H,9,11H2,1H3,(H,22,23). The Morgan fingerprint density at radius 2 is 2.00 bits per heavy atom. The summed E-state index contributed by atoms with van der Waals surface area (Å²) in [6.07, 6.45) is 3.86. The van der Waals surface area contributed by atoms with Crippen LogP contribution in [0.25, 0.3) is 21.1 Å². The predicted octanol–water partition coefficient (Wildman–Crippen LogP) is 4.86. The second kappa shape index (κ2) is 7.31. The topological polar surface area (TPSA) is 53.6 Å². The van der Waals surface area contributed by atoms with Crippen LogP contribution in [0.3, 0.4) is 0 Å². The van der Waals surface area contributed by atoms with Crippen molar-refractivity contribution in [2.45, 2.75) is 20.0 Å². The zero-order chi connectivity index (χ0) is 17.1. The third-order valence-corrected chi connectivity index (χ3v) is 5.95. The third kappa shape index (κ3) is 3.56. The lowest BCUT2D eigenvalue weighted by Crippen LogP contribution is -2.11. The molecule has 25 heavy (non-hydrogen) atoms. The molecule has 0 amide bonds. The Morgan fingerprint density at radius 1 is 1.08 bits per heavy atom. The maximum Gasteiger partial charge on any atom is 0.123 e. The van der Waals surface area contributed by atoms with Gasteiger partial charge in [-0.15, -0.1) is 22.7 Å². The van der Waals surface area contributed by atoms with Gasteiger partial charge in [0.2, 0.25) is 0 Å². The van der Waals surface area contributed by atoms with Gasteiger partial charge in [0, 0.05) is 35.3 Å². The lowest BCUT2D eigenvalue weighted by Gasteiger charge is -2.03. The molecule has 0 saturated carbocycles. The minimum absolute atomic E-state index is 0.779. The maximum absolute atomic E-state index is 4.58. The van der Waals surface area contributed by atoms with Gasteiger partial charge in [-0.1, -0.05) is 30.3 Å². The van der Waals surface area contributed by atoms with E-state index >= 15 is 0 Å². The number of aromatic nitrogens is 3. The fraction of sp³-hybridized carbons (Fsp3) is 0.158. The Labute approximate surface area is 154 Å². The van der Waals surface area contributed by atoms with E-state index in [1.807, 2.05) is 12.4 Å². The first-order chi connectivity index (χ1) is 12.3. The molecule has 0 aliphatic heterocycles. The summed E-state index contributed by atoms with van der Waals surface area (Å²) in [6, 6.07) is 12.5. The van der Waals surface area contributed by atoms with E-state index in [9.17, 15) is 0 Å². The normalized spacial score (nSPS) is 11.1. The molecule has 0 unspecified atom stereocenters. The molecule has 0 radical (unpaired) electrons. The van der Waals surface area contributed by atoms with Crippen molar-refractivity contribution in [2.75, 3.05) is 0 Å². The Bertz CT molecular complexity index is 953. The molecule has 0 fully saturated rings. The monoisotopic (exact) mass is 366 g/mol. The Hall–Kier alpha value is -2.28. The van der Waals surface area contributed by atoms with Crippen LogP contribution in [0.15, 0.2) is 54.2 Å². The van der Waals surface area contributed by atoms with E-state index in [1.54, 1.807) is 22.7 Å². The van der Waals surface area contributed by atoms with Gasteiger partial charge in [0.05, 0.1) is 16.8 Å². The van der Waals surface area contributed by atoms with E-state index in [4.69, 9.17) is 0 Å². The summed E-state index contributed by atoms with van der Waals surface area (Å²) in [4.78, 5) is 7.03. The van der Waals surface area contributed by atoms with Gasteiger partial charge in [0.1, 0.15) is 5.01 Å². The summed E-state index contributed by atoms with van der Waals surface area (Å²) in [6.45, 7) is 3.71. The van der Waals surface area contributed by atoms with Crippen molar-refractivity contribution in [3.8, 4) is 21.1 Å². The van der Waals surface area contributed by atoms with E-state index in [2.05, 4.69) is 69.2 Å². The van der Waals surface area contributed by atoms with Crippen LogP contribution in [0, 0.1) is 6.92 Å². The van der Waals surface area contributed by atoms with Crippen LogP contribution in [-0.2, 0) is 13.1 Å². The number of hydrogen-bond acceptors (Lipinski definition) is 5. The number of thiophene rings is 1. The first-order valence-corrected chi connectivity index (χ1v) is 9.78. The Kier molecular flexibility index (Phi) is 4.74. The smallest absolute Gasteiger partial charge is 0.123 e. The van der Waals surface area contributed by atoms with Gasteiger partial charge in [0.25, 0.3) is 0 Å². The number of aromatic amines is 1. The lowest BCUT2D eigenvalue weighted by molar-refractivity contribution is 0.701. The van der Waals surface area contributed by atoms with E-state index in [1.165, 1.54) is 26.4 Å². The predicted molar refractivity (Wildman–Crippen MR) is 105 cm³/mol. The highest BCUT2D eigenvalue weighted by molar-refractivity contribution is 7.15. The zero-order valence-corrected chi connectivity index (χ0v) is 15.5. The summed E-state index contributed by atoms with van der Waals surface area (Å²) in [5.74, 6) is 0. The molecule has 0 saturated heterocycles. The summed E-state index contributed by atoms with van der Waals surface area (Å²) in [5.41, 5.74) is 4.77. The number of nitrogens with zero attached hydrogens (tertiary/aromatic N) is 2. The highest BCUT2D eigenvalue weighted by atomic mass is 32.1. The second-order valence-corrected chi connectivity index (χ2v) is 7.86. The number of H-pyrrole nitrogens is 1. The number of thiazole rings is 1. The van der Waals surface area contributed by atoms with E-state index < -0.39 is 0 Å². The Balaban J connectivity index is 1.41. The molecular weight excluding hydrogens is 348 g/mol. The summed E-state index contributed by atoms with van der Waals surface area (Å²) in [5, 5.41) is 14.0. The minimum Gasteiger partial charge on any atom is -0.308 e. The second-order valence-electron chi connectivity index (χ2n) is 5.80. The minimum atomic E-state index is 0.779. The quantitative estimate of drug-likeness (QED) is 0.512. The largest absolute Gasteiger partial charge is 0.308 e. The van der Waals surface area contributed by atoms with Crippen molar-refractivity contribution < 1.29 is 0 Å². The van der Waals surface area contributed by atoms with Gasteiger partial charge in [-0.25, -0.2) is 4.98 Å². The van der Waals surface area contributed by atoms with Crippen LogP contribution < -0.4 is 5.32 Å². The molecule has 4 rings (SSSR count). The summed E-state index contributed by atoms with van der Waals surface area (Å²) >= 11 is 3.46. The fourth-order valence-electron chi connectivity index (χ4n) is 2.73. The first kappa shape index (κ1) is 16.2. The molecule has 4 nitrogen and oxygen atoms in total. The van der Waals surface area contributed by atoms with Crippen LogP contribution in [0.4, 0.5) is 0 Å². The summed E-state index contributed by atoms with van der Waals surface area (Å²) in [7, 11) is 0. The van der Waals surface area contributed by atoms with Gasteiger partial charge in [-0.3, -0.25) is 5.10 Å². The molecule has 0 atom stereocenters. The highest BCUT2D eigenvalue weighted by Crippen LogP contribution is 2.28. The number of rotatable bonds is 6. The molecule has 0 aliphatic rings. The molecule has 126 valence electrons. The van der Waals surface area contributed by atoms with Crippen LogP contribution in [0.5, 0.6) is 0 Å². The average Bonchev–Trinajstić information content (AvgIpc) is 3.37. The highest BCUT2D eigenvalue weighted by Gasteiger charge is 2.10. The number of aryl methyl sites for hydroxylation is 1. The van der Waals surface area contributed by atoms with Crippen LogP contribution >= 0.6 is 22.7 Å². The lowest BCUT2D eigenvalue weighted by atomic mass is 10.1. The Morgan fingerprint density at radius 3 is 2.84 bits per heavy atom. The van der Waals surface area contributed by atoms with Crippen molar-refractivity contribution in [1.82, 2.24) is 20.5 Å². The van der Waals surface area contributed by atoms with E-state index in [-0.39, 0.29) is 0 Å².